The van der Waals surface area contributed by atoms with Crippen molar-refractivity contribution >= 4 is 219 Å². The zero-order valence-electron chi connectivity index (χ0n) is 66.3. The normalized spacial score (nSPS) is 11.4. The average molecular weight is 1890 g/mol. The maximum absolute atomic E-state index is 11.9. The van der Waals surface area contributed by atoms with Gasteiger partial charge in [0.2, 0.25) is 0 Å². The van der Waals surface area contributed by atoms with E-state index in [4.69, 9.17) is 102 Å². The number of Topliss-reactive ketones (excluding diaryl/α,β-unsaturated/α-hetero) is 4. The Kier molecular flexibility index (Phi) is 79.2. The van der Waals surface area contributed by atoms with Crippen LogP contribution >= 0.6 is 87.1 Å². The molecule has 0 saturated carbocycles. The first-order valence-electron chi connectivity index (χ1n) is 31.3. The molecule has 0 fully saturated rings. The molecule has 0 unspecified atom stereocenters. The van der Waals surface area contributed by atoms with Crippen molar-refractivity contribution < 1.29 is 218 Å². The van der Waals surface area contributed by atoms with Crippen LogP contribution in [-0.4, -0.2) is 194 Å². The zero-order valence-corrected chi connectivity index (χ0v) is 83.2. The van der Waals surface area contributed by atoms with Gasteiger partial charge < -0.3 is 67.2 Å². The number of anilines is 1. The van der Waals surface area contributed by atoms with Gasteiger partial charge in [-0.2, -0.15) is 62.9 Å². The zero-order chi connectivity index (χ0) is 86.8. The molecule has 0 bridgehead atoms. The molecule has 0 aromatic heterocycles. The van der Waals surface area contributed by atoms with Crippen molar-refractivity contribution in [1.29, 1.82) is 5.53 Å². The number of rotatable bonds is 27. The summed E-state index contributed by atoms with van der Waals surface area (Å²) in [6.07, 6.45) is 7.51. The summed E-state index contributed by atoms with van der Waals surface area (Å²) >= 11 is 24.8. The molecule has 5 rings (SSSR count). The molecule has 0 spiro atoms. The predicted molar refractivity (Wildman–Crippen MR) is 438 cm³/mol. The molecule has 116 heavy (non-hydrogen) atoms. The van der Waals surface area contributed by atoms with Gasteiger partial charge in [0.05, 0.1) is 56.2 Å². The van der Waals surface area contributed by atoms with Crippen LogP contribution in [0.4, 0.5) is 38.0 Å². The summed E-state index contributed by atoms with van der Waals surface area (Å²) in [5.74, 6) is -1.35. The number of nitrogens with one attached hydrogen (secondary N) is 4. The molecule has 4 aromatic carbocycles. The Labute approximate surface area is 825 Å². The number of fused-ring (bicyclic) bond motifs is 1. The van der Waals surface area contributed by atoms with E-state index >= 15 is 0 Å². The Balaban J connectivity index is -0.000000146. The van der Waals surface area contributed by atoms with Crippen LogP contribution in [0.2, 0.25) is 15.1 Å². The van der Waals surface area contributed by atoms with Crippen LogP contribution in [0.1, 0.15) is 138 Å². The molecule has 1 heterocycles. The number of ketones is 4. The number of nitrogens with two attached hydrogens (primary N) is 1. The van der Waals surface area contributed by atoms with E-state index in [0.29, 0.717) is 43.7 Å². The molecule has 1 aliphatic rings. The number of benzene rings is 4. The molecule has 4 atom stereocenters. The number of alkyl carbamates (subject to hydrolysis) is 2. The first-order chi connectivity index (χ1) is 51.6. The van der Waals surface area contributed by atoms with Crippen molar-refractivity contribution in [3.05, 3.63) is 177 Å². The monoisotopic (exact) mass is 1880 g/mol. The second-order valence-electron chi connectivity index (χ2n) is 22.9. The summed E-state index contributed by atoms with van der Waals surface area (Å²) in [6, 6.07) is 8.68. The Morgan fingerprint density at radius 1 is 0.655 bits per heavy atom. The number of nitro benzene ring substituents is 4. The molecule has 1 aliphatic heterocycles. The SMILES string of the molecule is C=CC[C@@H](CO)NC(=O)OC(C)(C)C.C=CC[C@@H](COc1cc(C(C)=O)cc([N+](=O)[O-])c1Cl)NC(=O)OC(C)(C)C.C=CC[C@H](N)COc1cc(C(C)=O)cc([N+](=O)[O-])c1Cl.C=CC[C@H]1COc2cc(C(C)=O)cc([N+](=O)[O-])c2N1.CC(=O)c1cc(O)c(Cl)c([N+](=O)[O-])c1.N=NN=NCl.O=CO[O-].O=S(=O)=S(=O)=O.S.S.S.[H-].[K+].[K+].[Na][Na]. The van der Waals surface area contributed by atoms with Gasteiger partial charge in [0, 0.05) is 52.6 Å². The number of aromatic hydroxyl groups is 1. The Morgan fingerprint density at radius 2 is 1.00 bits per heavy atom. The molecule has 0 radical (unpaired) electrons. The van der Waals surface area contributed by atoms with Crippen molar-refractivity contribution in [2.24, 2.45) is 20.8 Å². The molecule has 0 aliphatic carbocycles. The van der Waals surface area contributed by atoms with Gasteiger partial charge >= 0.3 is 177 Å². The van der Waals surface area contributed by atoms with Gasteiger partial charge in [-0.3, -0.25) is 64.4 Å². The number of aliphatic hydroxyl groups is 1. The Morgan fingerprint density at radius 3 is 1.31 bits per heavy atom. The van der Waals surface area contributed by atoms with E-state index in [1.165, 1.54) is 95.6 Å². The van der Waals surface area contributed by atoms with E-state index in [2.05, 4.69) is 74.0 Å². The van der Waals surface area contributed by atoms with Gasteiger partial charge in [-0.05, 0) is 130 Å². The summed E-state index contributed by atoms with van der Waals surface area (Å²) in [6.45, 7) is 30.2. The standard InChI is InChI=1S/C18H23ClN2O6.C13H15ClN2O4.C13H14N2O4.C10H19NO3.C8H6ClNO4.CH2O3.ClHN4.2K.2Na.O4S2.3H2S.H/c1-6-7-13(20-17(23)27-18(3,4)5)10-26-15-9-12(11(2)22)8-14(16(15)19)21(24)25;1-3-4-10(15)7-20-12-6-9(8(2)17)5-11(13(12)14)16(18)19;1-3-4-10-7-19-12-6-9(8(2)16)5-11(15(17)18)13(12)14-10;1-5-6-8(7-12)11-9(13)14-10(2,3)4;1-4(11)5-2-6(10(13)14)8(9)7(12)3-5;2-1-4-3;1-3-5-4-2;;;;;1-5(2)6(3)4;;;;/h6,8-9,13H,1,7,10H2,2-5H3,(H,20,23);3,5-6,10H,1,4,7,15H2,2H3;3,5-6,10,14H,1,4,7H2,2H3;5,8,12H,1,6-7H2,2-4H3,(H,11,13);2-3,12H,1H3;1,3H;2H;;;;;;3*1H2;/q;;;;;;;2*+1;;;;;;;-1/p-1/t13-;2*10-;8-;;;;;;;;;;;;/m0000............/s1. The second kappa shape index (κ2) is 71.0. The van der Waals surface area contributed by atoms with Crippen molar-refractivity contribution in [2.45, 2.75) is 130 Å². The predicted octanol–water partition coefficient (Wildman–Crippen LogP) is 5.51. The quantitative estimate of drug-likeness (QED) is 0.00565. The molecular formula is C63H86Cl4K2N12Na2O28S5. The minimum atomic E-state index is -2.95. The third-order valence-electron chi connectivity index (χ3n) is 12.0. The molecule has 8 N–H and O–H groups in total. The van der Waals surface area contributed by atoms with E-state index in [9.17, 15) is 74.3 Å². The van der Waals surface area contributed by atoms with Crippen LogP contribution in [0.3, 0.4) is 0 Å². The Bertz CT molecular complexity index is 4220. The van der Waals surface area contributed by atoms with E-state index in [0.717, 1.165) is 24.3 Å². The number of nitro groups is 4. The third-order valence-corrected chi connectivity index (χ3v) is 14.1. The number of phenols is 1. The second-order valence-corrected chi connectivity index (χ2v) is 26.7. The summed E-state index contributed by atoms with van der Waals surface area (Å²) in [7, 11) is -5.90. The van der Waals surface area contributed by atoms with Crippen LogP contribution in [0.5, 0.6) is 23.0 Å². The van der Waals surface area contributed by atoms with E-state index in [-0.39, 0.29) is 272 Å². The summed E-state index contributed by atoms with van der Waals surface area (Å²) in [5, 5.41) is 82.7. The molecule has 53 heteroatoms. The van der Waals surface area contributed by atoms with Crippen LogP contribution < -0.4 is 144 Å². The van der Waals surface area contributed by atoms with Crippen LogP contribution in [0.25, 0.3) is 0 Å². The van der Waals surface area contributed by atoms with Crippen LogP contribution in [0.15, 0.2) is 114 Å². The number of hydrogen-bond donors (Lipinski definition) is 7. The fourth-order valence-corrected chi connectivity index (χ4v) is 8.01. The van der Waals surface area contributed by atoms with Gasteiger partial charge in [0.25, 0.3) is 29.2 Å². The maximum atomic E-state index is 11.9. The van der Waals surface area contributed by atoms with E-state index < -0.39 is 84.8 Å². The summed E-state index contributed by atoms with van der Waals surface area (Å²) in [4.78, 5) is 121. The number of amides is 2. The molecular weight excluding hydrogens is 1800 g/mol. The van der Waals surface area contributed by atoms with Gasteiger partial charge in [-0.15, -0.1) is 26.3 Å². The van der Waals surface area contributed by atoms with Crippen molar-refractivity contribution in [2.75, 3.05) is 31.7 Å². The number of phenolic OH excluding ortho intramolecular Hbond substituents is 1. The number of carbonyl (C=O) groups excluding carboxylic acids is 7. The van der Waals surface area contributed by atoms with Crippen molar-refractivity contribution in [1.82, 2.24) is 10.6 Å². The molecule has 628 valence electrons. The van der Waals surface area contributed by atoms with Gasteiger partial charge in [0.15, 0.2) is 43.9 Å². The van der Waals surface area contributed by atoms with Gasteiger partial charge in [-0.1, -0.05) is 63.7 Å². The van der Waals surface area contributed by atoms with E-state index in [1.807, 2.05) is 0 Å². The number of halogens is 4. The first kappa shape index (κ1) is 129. The van der Waals surface area contributed by atoms with Gasteiger partial charge in [-0.25, -0.2) is 9.59 Å². The number of ether oxygens (including phenoxy) is 5. The third kappa shape index (κ3) is 57.5. The summed E-state index contributed by atoms with van der Waals surface area (Å²) in [5.41, 5.74) is 9.94. The summed E-state index contributed by atoms with van der Waals surface area (Å²) < 4.78 is 65.6. The number of hydrogen-bond acceptors (Lipinski definition) is 32. The van der Waals surface area contributed by atoms with Crippen molar-refractivity contribution in [3.8, 4) is 23.0 Å². The average Bonchev–Trinajstić information content (AvgIpc) is 0.804. The van der Waals surface area contributed by atoms with Crippen LogP contribution in [0, 0.1) is 46.0 Å². The molecule has 40 nitrogen and oxygen atoms in total. The van der Waals surface area contributed by atoms with Gasteiger partial charge in [0.1, 0.15) is 54.0 Å². The minimum absolute atomic E-state index is 0. The number of aliphatic hydroxyl groups excluding tert-OH is 1. The van der Waals surface area contributed by atoms with Crippen LogP contribution in [-0.2, 0) is 37.7 Å². The molecule has 2 amide bonds. The fraction of sp³-hybridized carbons (Fsp3) is 0.381. The Hall–Kier alpha value is -4.67. The fourth-order valence-electron chi connectivity index (χ4n) is 7.33. The topological polar surface area (TPSA) is 602 Å². The van der Waals surface area contributed by atoms with E-state index in [1.54, 1.807) is 65.8 Å². The number of carbonyl (C=O) groups is 7. The molecule has 0 saturated heterocycles. The number of nitrogens with zero attached hydrogens (tertiary/aromatic N) is 7. The first-order valence-corrected chi connectivity index (χ1v) is 43.5. The molecule has 4 aromatic rings. The van der Waals surface area contributed by atoms with Crippen molar-refractivity contribution in [3.63, 3.8) is 0 Å².